The summed E-state index contributed by atoms with van der Waals surface area (Å²) in [6.07, 6.45) is 12.3. The number of carboxylic acid groups (broad SMARTS) is 2. The van der Waals surface area contributed by atoms with Gasteiger partial charge in [0.05, 0.1) is 12.2 Å². The zero-order valence-corrected chi connectivity index (χ0v) is 27.7. The average molecular weight is 645 g/mol. The van der Waals surface area contributed by atoms with E-state index >= 15 is 0 Å². The van der Waals surface area contributed by atoms with Crippen LogP contribution in [0.3, 0.4) is 0 Å². The standard InChI is InChI=1S/C39H45FO7/c1-27(2)11-9-12-28(3)13-10-14-29(4)24-26-46-37-35(23-22-32(38(41)42)36(37)39(43)44)45-25-8-7-15-30-18-20-31(21-19-30)47-34-17-6-5-16-33(34)40/h5-6,11,13,16-24H,7-10,12,14-15,25-26H2,1-4H3,(H,41,42)(H,43,44). The molecule has 0 saturated heterocycles. The molecule has 0 aliphatic carbocycles. The molecule has 0 aromatic heterocycles. The third kappa shape index (κ3) is 12.5. The lowest BCUT2D eigenvalue weighted by Gasteiger charge is -2.16. The number of allylic oxidation sites excluding steroid dienone is 5. The van der Waals surface area contributed by atoms with Crippen molar-refractivity contribution in [1.29, 1.82) is 0 Å². The van der Waals surface area contributed by atoms with E-state index in [1.54, 1.807) is 30.3 Å². The van der Waals surface area contributed by atoms with Crippen molar-refractivity contribution >= 4 is 11.9 Å². The summed E-state index contributed by atoms with van der Waals surface area (Å²) in [5, 5.41) is 19.5. The number of aryl methyl sites for hydroxylation is 1. The van der Waals surface area contributed by atoms with Crippen LogP contribution < -0.4 is 14.2 Å². The van der Waals surface area contributed by atoms with Crippen LogP contribution in [0.2, 0.25) is 0 Å². The zero-order chi connectivity index (χ0) is 34.2. The van der Waals surface area contributed by atoms with E-state index in [9.17, 15) is 24.2 Å². The minimum absolute atomic E-state index is 0.0748. The van der Waals surface area contributed by atoms with E-state index in [0.717, 1.165) is 49.7 Å². The molecule has 0 fully saturated rings. The van der Waals surface area contributed by atoms with Crippen molar-refractivity contribution in [3.8, 4) is 23.0 Å². The van der Waals surface area contributed by atoms with Crippen LogP contribution in [0.25, 0.3) is 0 Å². The van der Waals surface area contributed by atoms with Gasteiger partial charge in [-0.1, -0.05) is 53.1 Å². The molecule has 3 aromatic carbocycles. The van der Waals surface area contributed by atoms with Crippen molar-refractivity contribution < 1.29 is 38.4 Å². The van der Waals surface area contributed by atoms with Crippen LogP contribution in [-0.2, 0) is 6.42 Å². The molecule has 0 amide bonds. The van der Waals surface area contributed by atoms with Crippen molar-refractivity contribution in [1.82, 2.24) is 0 Å². The number of unbranched alkanes of at least 4 members (excludes halogenated alkanes) is 1. The third-order valence-electron chi connectivity index (χ3n) is 7.45. The number of carbonyl (C=O) groups is 2. The Balaban J connectivity index is 1.56. The number of rotatable bonds is 19. The number of carboxylic acids is 2. The second-order valence-electron chi connectivity index (χ2n) is 11.7. The molecular formula is C39H45FO7. The highest BCUT2D eigenvalue weighted by molar-refractivity contribution is 6.04. The number of halogens is 1. The lowest BCUT2D eigenvalue weighted by atomic mass is 10.1. The molecule has 0 spiro atoms. The van der Waals surface area contributed by atoms with Gasteiger partial charge in [0.15, 0.2) is 23.1 Å². The monoisotopic (exact) mass is 644 g/mol. The molecule has 7 nitrogen and oxygen atoms in total. The van der Waals surface area contributed by atoms with Gasteiger partial charge >= 0.3 is 11.9 Å². The molecule has 47 heavy (non-hydrogen) atoms. The van der Waals surface area contributed by atoms with Crippen molar-refractivity contribution in [2.24, 2.45) is 0 Å². The summed E-state index contributed by atoms with van der Waals surface area (Å²) < 4.78 is 31.3. The summed E-state index contributed by atoms with van der Waals surface area (Å²) in [6.45, 7) is 8.68. The number of aromatic carboxylic acids is 2. The Bertz CT molecular complexity index is 1580. The molecule has 8 heteroatoms. The second kappa shape index (κ2) is 19.0. The number of para-hydroxylation sites is 1. The maximum atomic E-state index is 13.9. The van der Waals surface area contributed by atoms with Gasteiger partial charge in [0.25, 0.3) is 0 Å². The molecule has 0 aliphatic rings. The summed E-state index contributed by atoms with van der Waals surface area (Å²) in [6, 6.07) is 16.3. The average Bonchev–Trinajstić information content (AvgIpc) is 3.02. The molecule has 0 heterocycles. The Labute approximate surface area is 277 Å². The smallest absolute Gasteiger partial charge is 0.340 e. The predicted molar refractivity (Wildman–Crippen MR) is 183 cm³/mol. The molecule has 0 bridgehead atoms. The molecule has 0 saturated carbocycles. The van der Waals surface area contributed by atoms with E-state index < -0.39 is 23.3 Å². The van der Waals surface area contributed by atoms with Gasteiger partial charge in [0.2, 0.25) is 0 Å². The van der Waals surface area contributed by atoms with Gasteiger partial charge in [-0.05, 0) is 121 Å². The highest BCUT2D eigenvalue weighted by Crippen LogP contribution is 2.35. The molecular weight excluding hydrogens is 599 g/mol. The number of hydrogen-bond acceptors (Lipinski definition) is 5. The quantitative estimate of drug-likeness (QED) is 0.0989. The SMILES string of the molecule is CC(C)=CCCC(C)=CCCC(C)=CCOc1c(OCCCCc2ccc(Oc3ccccc3F)cc2)ccc(C(=O)O)c1C(=O)O. The summed E-state index contributed by atoms with van der Waals surface area (Å²) in [7, 11) is 0. The molecule has 0 unspecified atom stereocenters. The van der Waals surface area contributed by atoms with Gasteiger partial charge in [-0.2, -0.15) is 0 Å². The van der Waals surface area contributed by atoms with Crippen LogP contribution in [0, 0.1) is 5.82 Å². The summed E-state index contributed by atoms with van der Waals surface area (Å²) >= 11 is 0. The molecule has 250 valence electrons. The van der Waals surface area contributed by atoms with E-state index in [0.29, 0.717) is 12.2 Å². The normalized spacial score (nSPS) is 11.6. The number of benzene rings is 3. The summed E-state index contributed by atoms with van der Waals surface area (Å²) in [4.78, 5) is 23.9. The first-order valence-corrected chi connectivity index (χ1v) is 15.9. The molecule has 0 aliphatic heterocycles. The first-order chi connectivity index (χ1) is 22.5. The van der Waals surface area contributed by atoms with Crippen molar-refractivity contribution in [2.45, 2.75) is 72.6 Å². The zero-order valence-electron chi connectivity index (χ0n) is 27.7. The molecule has 0 radical (unpaired) electrons. The first kappa shape index (κ1) is 36.6. The van der Waals surface area contributed by atoms with Crippen molar-refractivity contribution in [3.05, 3.63) is 118 Å². The van der Waals surface area contributed by atoms with Crippen LogP contribution in [0.1, 0.15) is 92.5 Å². The highest BCUT2D eigenvalue weighted by atomic mass is 19.1. The predicted octanol–water partition coefficient (Wildman–Crippen LogP) is 10.2. The molecule has 3 rings (SSSR count). The highest BCUT2D eigenvalue weighted by Gasteiger charge is 2.25. The van der Waals surface area contributed by atoms with Crippen LogP contribution >= 0.6 is 0 Å². The van der Waals surface area contributed by atoms with Gasteiger partial charge < -0.3 is 24.4 Å². The fraction of sp³-hybridized carbons (Fsp3) is 0.333. The van der Waals surface area contributed by atoms with E-state index in [-0.39, 0.29) is 36.0 Å². The minimum Gasteiger partial charge on any atom is -0.490 e. The van der Waals surface area contributed by atoms with Gasteiger partial charge in [-0.15, -0.1) is 0 Å². The van der Waals surface area contributed by atoms with E-state index in [4.69, 9.17) is 14.2 Å². The van der Waals surface area contributed by atoms with Crippen molar-refractivity contribution in [3.63, 3.8) is 0 Å². The Morgan fingerprint density at radius 2 is 1.43 bits per heavy atom. The minimum atomic E-state index is -1.40. The van der Waals surface area contributed by atoms with E-state index in [1.165, 1.54) is 29.3 Å². The van der Waals surface area contributed by atoms with Gasteiger partial charge in [-0.25, -0.2) is 14.0 Å². The number of ether oxygens (including phenoxy) is 3. The number of hydrogen-bond donors (Lipinski definition) is 2. The lowest BCUT2D eigenvalue weighted by Crippen LogP contribution is -2.13. The fourth-order valence-electron chi connectivity index (χ4n) is 4.81. The van der Waals surface area contributed by atoms with Gasteiger partial charge in [0.1, 0.15) is 17.9 Å². The van der Waals surface area contributed by atoms with Gasteiger partial charge in [0, 0.05) is 0 Å². The lowest BCUT2D eigenvalue weighted by molar-refractivity contribution is 0.0647. The van der Waals surface area contributed by atoms with Gasteiger partial charge in [-0.3, -0.25) is 0 Å². The van der Waals surface area contributed by atoms with E-state index in [1.807, 2.05) is 25.1 Å². The molecule has 2 N–H and O–H groups in total. The summed E-state index contributed by atoms with van der Waals surface area (Å²) in [5.74, 6) is -2.40. The summed E-state index contributed by atoms with van der Waals surface area (Å²) in [5.41, 5.74) is 4.02. The molecule has 3 aromatic rings. The maximum Gasteiger partial charge on any atom is 0.340 e. The third-order valence-corrected chi connectivity index (χ3v) is 7.45. The Morgan fingerprint density at radius 1 is 0.745 bits per heavy atom. The van der Waals surface area contributed by atoms with Crippen LogP contribution in [0.5, 0.6) is 23.0 Å². The van der Waals surface area contributed by atoms with Crippen LogP contribution in [0.4, 0.5) is 4.39 Å². The molecule has 0 atom stereocenters. The van der Waals surface area contributed by atoms with Crippen LogP contribution in [0.15, 0.2) is 95.6 Å². The maximum absolute atomic E-state index is 13.9. The van der Waals surface area contributed by atoms with Crippen molar-refractivity contribution in [2.75, 3.05) is 13.2 Å². The first-order valence-electron chi connectivity index (χ1n) is 15.9. The Kier molecular flexibility index (Phi) is 14.8. The largest absolute Gasteiger partial charge is 0.490 e. The fourth-order valence-corrected chi connectivity index (χ4v) is 4.81. The van der Waals surface area contributed by atoms with Crippen LogP contribution in [-0.4, -0.2) is 35.4 Å². The topological polar surface area (TPSA) is 102 Å². The Morgan fingerprint density at radius 3 is 2.09 bits per heavy atom. The second-order valence-corrected chi connectivity index (χ2v) is 11.7. The Hall–Kier alpha value is -4.85. The van der Waals surface area contributed by atoms with E-state index in [2.05, 4.69) is 32.9 Å².